The molecule has 2 amide bonds. The van der Waals surface area contributed by atoms with E-state index in [1.54, 1.807) is 0 Å². The van der Waals surface area contributed by atoms with Crippen molar-refractivity contribution in [2.75, 3.05) is 33.2 Å². The quantitative estimate of drug-likeness (QED) is 0.706. The SMILES string of the molecule is CC(C)CC(=O)N1CCN([C@@H](C(=O)N(C)Cc2ccccc2)C2CCCC2)CC1. The molecule has 2 fully saturated rings. The first-order valence-corrected chi connectivity index (χ1v) is 11.3. The molecule has 0 aromatic heterocycles. The van der Waals surface area contributed by atoms with E-state index < -0.39 is 0 Å². The Morgan fingerprint density at radius 1 is 1.03 bits per heavy atom. The van der Waals surface area contributed by atoms with Gasteiger partial charge in [0, 0.05) is 46.2 Å². The second kappa shape index (κ2) is 10.2. The lowest BCUT2D eigenvalue weighted by molar-refractivity contribution is -0.141. The number of benzene rings is 1. The molecule has 1 heterocycles. The van der Waals surface area contributed by atoms with Crippen LogP contribution in [0, 0.1) is 11.8 Å². The Hall–Kier alpha value is -1.88. The Labute approximate surface area is 176 Å². The van der Waals surface area contributed by atoms with Crippen LogP contribution in [0.4, 0.5) is 0 Å². The molecular formula is C24H37N3O2. The largest absolute Gasteiger partial charge is 0.340 e. The number of carbonyl (C=O) groups excluding carboxylic acids is 2. The van der Waals surface area contributed by atoms with Gasteiger partial charge < -0.3 is 9.80 Å². The first-order chi connectivity index (χ1) is 14.0. The van der Waals surface area contributed by atoms with E-state index in [0.29, 0.717) is 24.8 Å². The molecule has 29 heavy (non-hydrogen) atoms. The Morgan fingerprint density at radius 3 is 2.24 bits per heavy atom. The fraction of sp³-hybridized carbons (Fsp3) is 0.667. The van der Waals surface area contributed by atoms with Gasteiger partial charge in [0.25, 0.3) is 0 Å². The Morgan fingerprint density at radius 2 is 1.66 bits per heavy atom. The van der Waals surface area contributed by atoms with E-state index in [1.165, 1.54) is 12.8 Å². The highest BCUT2D eigenvalue weighted by molar-refractivity contribution is 5.82. The van der Waals surface area contributed by atoms with E-state index in [1.807, 2.05) is 35.0 Å². The first kappa shape index (κ1) is 21.8. The van der Waals surface area contributed by atoms with Crippen molar-refractivity contribution in [1.29, 1.82) is 0 Å². The highest BCUT2D eigenvalue weighted by Gasteiger charge is 2.38. The summed E-state index contributed by atoms with van der Waals surface area (Å²) in [4.78, 5) is 32.2. The maximum atomic E-state index is 13.5. The molecule has 5 nitrogen and oxygen atoms in total. The van der Waals surface area contributed by atoms with Crippen LogP contribution in [0.2, 0.25) is 0 Å². The van der Waals surface area contributed by atoms with Gasteiger partial charge in [-0.25, -0.2) is 0 Å². The summed E-state index contributed by atoms with van der Waals surface area (Å²) < 4.78 is 0. The summed E-state index contributed by atoms with van der Waals surface area (Å²) >= 11 is 0. The van der Waals surface area contributed by atoms with Crippen molar-refractivity contribution in [1.82, 2.24) is 14.7 Å². The molecule has 1 aromatic rings. The molecular weight excluding hydrogens is 362 g/mol. The molecule has 0 bridgehead atoms. The molecule has 0 unspecified atom stereocenters. The van der Waals surface area contributed by atoms with Crippen LogP contribution in [0.15, 0.2) is 30.3 Å². The zero-order chi connectivity index (χ0) is 20.8. The van der Waals surface area contributed by atoms with Crippen LogP contribution in [-0.4, -0.2) is 65.8 Å². The molecule has 0 spiro atoms. The maximum Gasteiger partial charge on any atom is 0.240 e. The van der Waals surface area contributed by atoms with Crippen molar-refractivity contribution in [3.63, 3.8) is 0 Å². The van der Waals surface area contributed by atoms with Crippen LogP contribution in [0.3, 0.4) is 0 Å². The van der Waals surface area contributed by atoms with Crippen molar-refractivity contribution in [2.45, 2.75) is 58.5 Å². The van der Waals surface area contributed by atoms with Crippen molar-refractivity contribution in [3.8, 4) is 0 Å². The molecule has 3 rings (SSSR count). The van der Waals surface area contributed by atoms with Crippen molar-refractivity contribution in [2.24, 2.45) is 11.8 Å². The van der Waals surface area contributed by atoms with Crippen LogP contribution in [0.25, 0.3) is 0 Å². The molecule has 1 atom stereocenters. The zero-order valence-electron chi connectivity index (χ0n) is 18.3. The van der Waals surface area contributed by atoms with Gasteiger partial charge in [0.2, 0.25) is 11.8 Å². The third kappa shape index (κ3) is 5.81. The Bertz CT molecular complexity index is 662. The average molecular weight is 400 g/mol. The standard InChI is InChI=1S/C24H37N3O2/c1-19(2)17-22(28)26-13-15-27(16-14-26)23(21-11-7-8-12-21)24(29)25(3)18-20-9-5-4-6-10-20/h4-6,9-10,19,21,23H,7-8,11-18H2,1-3H3/t23-/m1/s1. The number of piperazine rings is 1. The topological polar surface area (TPSA) is 43.9 Å². The summed E-state index contributed by atoms with van der Waals surface area (Å²) in [5, 5.41) is 0. The highest BCUT2D eigenvalue weighted by Crippen LogP contribution is 2.32. The van der Waals surface area contributed by atoms with E-state index in [2.05, 4.69) is 30.9 Å². The summed E-state index contributed by atoms with van der Waals surface area (Å²) in [6.07, 6.45) is 5.35. The summed E-state index contributed by atoms with van der Waals surface area (Å²) in [5.74, 6) is 1.32. The lowest BCUT2D eigenvalue weighted by Crippen LogP contribution is -2.58. The van der Waals surface area contributed by atoms with Gasteiger partial charge >= 0.3 is 0 Å². The number of hydrogen-bond acceptors (Lipinski definition) is 3. The van der Waals surface area contributed by atoms with Gasteiger partial charge in [-0.15, -0.1) is 0 Å². The third-order valence-corrected chi connectivity index (χ3v) is 6.38. The summed E-state index contributed by atoms with van der Waals surface area (Å²) in [6.45, 7) is 7.91. The average Bonchev–Trinajstić information content (AvgIpc) is 3.23. The maximum absolute atomic E-state index is 13.5. The molecule has 2 aliphatic rings. The second-order valence-electron chi connectivity index (χ2n) is 9.18. The first-order valence-electron chi connectivity index (χ1n) is 11.3. The number of likely N-dealkylation sites (N-methyl/N-ethyl adjacent to an activating group) is 1. The Kier molecular flexibility index (Phi) is 7.70. The van der Waals surface area contributed by atoms with Gasteiger partial charge in [0.15, 0.2) is 0 Å². The molecule has 5 heteroatoms. The predicted molar refractivity (Wildman–Crippen MR) is 116 cm³/mol. The summed E-state index contributed by atoms with van der Waals surface area (Å²) in [5.41, 5.74) is 1.16. The van der Waals surface area contributed by atoms with Crippen LogP contribution in [0.1, 0.15) is 51.5 Å². The van der Waals surface area contributed by atoms with Crippen LogP contribution in [-0.2, 0) is 16.1 Å². The minimum atomic E-state index is -0.0476. The van der Waals surface area contributed by atoms with Crippen molar-refractivity contribution >= 4 is 11.8 Å². The van der Waals surface area contributed by atoms with Crippen LogP contribution < -0.4 is 0 Å². The highest BCUT2D eigenvalue weighted by atomic mass is 16.2. The number of carbonyl (C=O) groups is 2. The molecule has 160 valence electrons. The zero-order valence-corrected chi connectivity index (χ0v) is 18.3. The van der Waals surface area contributed by atoms with Crippen molar-refractivity contribution < 1.29 is 9.59 Å². The molecule has 0 radical (unpaired) electrons. The molecule has 1 aliphatic carbocycles. The van der Waals surface area contributed by atoms with Gasteiger partial charge in [-0.05, 0) is 30.2 Å². The van der Waals surface area contributed by atoms with Gasteiger partial charge in [-0.1, -0.05) is 57.0 Å². The summed E-state index contributed by atoms with van der Waals surface area (Å²) in [7, 11) is 1.93. The van der Waals surface area contributed by atoms with Crippen molar-refractivity contribution in [3.05, 3.63) is 35.9 Å². The van der Waals surface area contributed by atoms with Crippen LogP contribution >= 0.6 is 0 Å². The fourth-order valence-electron chi connectivity index (χ4n) is 4.82. The number of hydrogen-bond donors (Lipinski definition) is 0. The minimum Gasteiger partial charge on any atom is -0.340 e. The number of rotatable bonds is 7. The van der Waals surface area contributed by atoms with E-state index in [4.69, 9.17) is 0 Å². The number of amides is 2. The number of nitrogens with zero attached hydrogens (tertiary/aromatic N) is 3. The van der Waals surface area contributed by atoms with E-state index in [0.717, 1.165) is 44.6 Å². The molecule has 1 saturated heterocycles. The molecule has 1 saturated carbocycles. The second-order valence-corrected chi connectivity index (χ2v) is 9.18. The Balaban J connectivity index is 1.64. The smallest absolute Gasteiger partial charge is 0.240 e. The monoisotopic (exact) mass is 399 g/mol. The normalized spacial score (nSPS) is 19.5. The van der Waals surface area contributed by atoms with E-state index in [-0.39, 0.29) is 17.9 Å². The third-order valence-electron chi connectivity index (χ3n) is 6.38. The molecule has 1 aliphatic heterocycles. The van der Waals surface area contributed by atoms with Gasteiger partial charge in [-0.2, -0.15) is 0 Å². The molecule has 0 N–H and O–H groups in total. The van der Waals surface area contributed by atoms with Crippen LogP contribution in [0.5, 0.6) is 0 Å². The van der Waals surface area contributed by atoms with E-state index in [9.17, 15) is 9.59 Å². The predicted octanol–water partition coefficient (Wildman–Crippen LogP) is 3.39. The van der Waals surface area contributed by atoms with Gasteiger partial charge in [0.1, 0.15) is 0 Å². The lowest BCUT2D eigenvalue weighted by atomic mass is 9.94. The van der Waals surface area contributed by atoms with Gasteiger partial charge in [-0.3, -0.25) is 14.5 Å². The van der Waals surface area contributed by atoms with E-state index >= 15 is 0 Å². The minimum absolute atomic E-state index is 0.0476. The van der Waals surface area contributed by atoms with Gasteiger partial charge in [0.05, 0.1) is 6.04 Å². The summed E-state index contributed by atoms with van der Waals surface area (Å²) in [6, 6.07) is 10.2. The fourth-order valence-corrected chi connectivity index (χ4v) is 4.82. The lowest BCUT2D eigenvalue weighted by Gasteiger charge is -2.42. The molecule has 1 aromatic carbocycles.